The van der Waals surface area contributed by atoms with Gasteiger partial charge in [0.25, 0.3) is 0 Å². The number of ether oxygens (including phenoxy) is 1. The van der Waals surface area contributed by atoms with E-state index >= 15 is 0 Å². The van der Waals surface area contributed by atoms with Crippen LogP contribution in [0.3, 0.4) is 0 Å². The molecule has 2 aliphatic rings. The van der Waals surface area contributed by atoms with E-state index in [1.165, 1.54) is 47.5 Å². The summed E-state index contributed by atoms with van der Waals surface area (Å²) in [7, 11) is 0. The Morgan fingerprint density at radius 3 is 2.95 bits per heavy atom. The average Bonchev–Trinajstić information content (AvgIpc) is 2.95. The summed E-state index contributed by atoms with van der Waals surface area (Å²) in [5, 5.41) is 2.57. The van der Waals surface area contributed by atoms with Crippen LogP contribution in [0.2, 0.25) is 0 Å². The molecule has 0 aromatic carbocycles. The molecule has 0 saturated carbocycles. The van der Waals surface area contributed by atoms with E-state index in [1.54, 1.807) is 21.7 Å². The molecule has 1 aliphatic heterocycles. The van der Waals surface area contributed by atoms with Crippen LogP contribution in [0.1, 0.15) is 23.3 Å². The normalized spacial score (nSPS) is 19.5. The highest BCUT2D eigenvalue weighted by Gasteiger charge is 2.20. The zero-order valence-electron chi connectivity index (χ0n) is 12.8. The molecule has 0 bridgehead atoms. The zero-order chi connectivity index (χ0) is 14.8. The lowest BCUT2D eigenvalue weighted by Gasteiger charge is -2.23. The van der Waals surface area contributed by atoms with Crippen molar-refractivity contribution in [2.24, 2.45) is 0 Å². The Bertz CT molecular complexity index is 652. The Kier molecular flexibility index (Phi) is 4.61. The first-order chi connectivity index (χ1) is 10.9. The molecule has 1 saturated heterocycles. The molecule has 4 rings (SSSR count). The number of fused-ring (bicyclic) bond motifs is 3. The molecule has 3 heterocycles. The largest absolute Gasteiger partial charge is 0.370 e. The van der Waals surface area contributed by atoms with Crippen molar-refractivity contribution in [3.63, 3.8) is 0 Å². The topological polar surface area (TPSA) is 39.5 Å². The number of nitrogens with one attached hydrogen (secondary N) is 1. The monoisotopic (exact) mass is 336 g/mol. The van der Waals surface area contributed by atoms with Gasteiger partial charge < -0.3 is 9.64 Å². The lowest BCUT2D eigenvalue weighted by molar-refractivity contribution is -0.905. The number of aryl methyl sites for hydroxylation is 2. The van der Waals surface area contributed by atoms with Crippen LogP contribution in [-0.2, 0) is 17.6 Å². The molecular formula is C16H22N3OS2+. The van der Waals surface area contributed by atoms with Crippen LogP contribution in [0.4, 0.5) is 0 Å². The first kappa shape index (κ1) is 14.9. The fourth-order valence-corrected chi connectivity index (χ4v) is 5.74. The van der Waals surface area contributed by atoms with Crippen LogP contribution in [0.25, 0.3) is 10.2 Å². The minimum Gasteiger partial charge on any atom is -0.370 e. The number of thiophene rings is 1. The molecule has 0 radical (unpaired) electrons. The highest BCUT2D eigenvalue weighted by molar-refractivity contribution is 7.99. The molecule has 1 N–H and O–H groups in total. The van der Waals surface area contributed by atoms with Gasteiger partial charge in [-0.1, -0.05) is 11.8 Å². The molecule has 0 amide bonds. The third kappa shape index (κ3) is 3.02. The minimum atomic E-state index is 0.912. The molecule has 6 heteroatoms. The molecular weight excluding hydrogens is 314 g/mol. The second kappa shape index (κ2) is 6.83. The van der Waals surface area contributed by atoms with Crippen LogP contribution in [0, 0.1) is 0 Å². The van der Waals surface area contributed by atoms with Crippen LogP contribution < -0.4 is 4.90 Å². The summed E-state index contributed by atoms with van der Waals surface area (Å²) in [5.74, 6) is 1.13. The summed E-state index contributed by atoms with van der Waals surface area (Å²) >= 11 is 3.80. The predicted molar refractivity (Wildman–Crippen MR) is 91.2 cm³/mol. The van der Waals surface area contributed by atoms with Gasteiger partial charge in [-0.05, 0) is 31.2 Å². The molecule has 118 valence electrons. The molecule has 0 spiro atoms. The fourth-order valence-electron chi connectivity index (χ4n) is 3.37. The van der Waals surface area contributed by atoms with E-state index in [2.05, 4.69) is 9.97 Å². The zero-order valence-corrected chi connectivity index (χ0v) is 14.4. The molecule has 1 aliphatic carbocycles. The van der Waals surface area contributed by atoms with Gasteiger partial charge in [0.2, 0.25) is 0 Å². The Hall–Kier alpha value is -0.690. The number of rotatable bonds is 4. The molecule has 2 aromatic heterocycles. The van der Waals surface area contributed by atoms with Crippen LogP contribution >= 0.6 is 23.1 Å². The summed E-state index contributed by atoms with van der Waals surface area (Å²) < 4.78 is 5.43. The average molecular weight is 337 g/mol. The maximum Gasteiger partial charge on any atom is 0.128 e. The van der Waals surface area contributed by atoms with Gasteiger partial charge in [-0.25, -0.2) is 9.97 Å². The summed E-state index contributed by atoms with van der Waals surface area (Å²) in [6.45, 7) is 5.32. The number of hydrogen-bond acceptors (Lipinski definition) is 5. The Balaban J connectivity index is 1.50. The summed E-state index contributed by atoms with van der Waals surface area (Å²) in [6, 6.07) is 0. The molecule has 1 fully saturated rings. The first-order valence-corrected chi connectivity index (χ1v) is 10.0. The standard InChI is InChI=1S/C16H21N3OS2/c1-2-4-13-12(3-1)14-15(17-11-18-16(14)22-13)21-10-7-19-5-8-20-9-6-19/h11H,1-10H2/p+1. The second-order valence-corrected chi connectivity index (χ2v) is 8.20. The second-order valence-electron chi connectivity index (χ2n) is 6.03. The summed E-state index contributed by atoms with van der Waals surface area (Å²) in [5.41, 5.74) is 1.55. The lowest BCUT2D eigenvalue weighted by atomic mass is 9.97. The number of morpholine rings is 1. The summed E-state index contributed by atoms with van der Waals surface area (Å²) in [6.07, 6.45) is 6.84. The minimum absolute atomic E-state index is 0.912. The maximum atomic E-state index is 5.43. The Morgan fingerprint density at radius 1 is 1.18 bits per heavy atom. The van der Waals surface area contributed by atoms with Gasteiger partial charge in [-0.3, -0.25) is 0 Å². The van der Waals surface area contributed by atoms with Crippen molar-refractivity contribution >= 4 is 33.3 Å². The molecule has 2 aromatic rings. The van der Waals surface area contributed by atoms with Gasteiger partial charge in [-0.15, -0.1) is 11.3 Å². The van der Waals surface area contributed by atoms with Crippen molar-refractivity contribution in [3.8, 4) is 0 Å². The van der Waals surface area contributed by atoms with E-state index < -0.39 is 0 Å². The van der Waals surface area contributed by atoms with E-state index in [9.17, 15) is 0 Å². The third-order valence-electron chi connectivity index (χ3n) is 4.61. The van der Waals surface area contributed by atoms with Gasteiger partial charge in [-0.2, -0.15) is 0 Å². The van der Waals surface area contributed by atoms with Crippen LogP contribution in [-0.4, -0.2) is 48.6 Å². The first-order valence-electron chi connectivity index (χ1n) is 8.21. The third-order valence-corrected chi connectivity index (χ3v) is 6.80. The quantitative estimate of drug-likeness (QED) is 0.680. The van der Waals surface area contributed by atoms with Crippen LogP contribution in [0.15, 0.2) is 11.4 Å². The lowest BCUT2D eigenvalue weighted by Crippen LogP contribution is -3.14. The van der Waals surface area contributed by atoms with Crippen molar-refractivity contribution in [2.45, 2.75) is 30.7 Å². The number of quaternary nitrogens is 1. The van der Waals surface area contributed by atoms with E-state index in [0.29, 0.717) is 0 Å². The number of nitrogens with zero attached hydrogens (tertiary/aromatic N) is 2. The number of aromatic nitrogens is 2. The van der Waals surface area contributed by atoms with Crippen molar-refractivity contribution in [2.75, 3.05) is 38.6 Å². The smallest absolute Gasteiger partial charge is 0.128 e. The molecule has 22 heavy (non-hydrogen) atoms. The molecule has 4 nitrogen and oxygen atoms in total. The van der Waals surface area contributed by atoms with Crippen molar-refractivity contribution in [1.29, 1.82) is 0 Å². The van der Waals surface area contributed by atoms with Gasteiger partial charge in [0.15, 0.2) is 0 Å². The number of thioether (sulfide) groups is 1. The highest BCUT2D eigenvalue weighted by atomic mass is 32.2. The van der Waals surface area contributed by atoms with E-state index in [1.807, 2.05) is 23.1 Å². The Labute approximate surface area is 139 Å². The SMILES string of the molecule is c1nc(SCC[NH+]2CCOCC2)c2c3c(sc2n1)CCCC3. The van der Waals surface area contributed by atoms with Gasteiger partial charge in [0.05, 0.1) is 19.8 Å². The van der Waals surface area contributed by atoms with Gasteiger partial charge >= 0.3 is 0 Å². The number of hydrogen-bond donors (Lipinski definition) is 1. The van der Waals surface area contributed by atoms with Crippen LogP contribution in [0.5, 0.6) is 0 Å². The van der Waals surface area contributed by atoms with Crippen molar-refractivity contribution < 1.29 is 9.64 Å². The van der Waals surface area contributed by atoms with Crippen molar-refractivity contribution in [3.05, 3.63) is 16.8 Å². The summed E-state index contributed by atoms with van der Waals surface area (Å²) in [4.78, 5) is 13.5. The predicted octanol–water partition coefficient (Wildman–Crippen LogP) is 1.58. The van der Waals surface area contributed by atoms with E-state index in [-0.39, 0.29) is 0 Å². The van der Waals surface area contributed by atoms with Gasteiger partial charge in [0, 0.05) is 16.0 Å². The van der Waals surface area contributed by atoms with E-state index in [4.69, 9.17) is 4.74 Å². The molecule has 0 atom stereocenters. The van der Waals surface area contributed by atoms with Gasteiger partial charge in [0.1, 0.15) is 29.3 Å². The highest BCUT2D eigenvalue weighted by Crippen LogP contribution is 2.38. The molecule has 0 unspecified atom stereocenters. The van der Waals surface area contributed by atoms with E-state index in [0.717, 1.165) is 32.1 Å². The fraction of sp³-hybridized carbons (Fsp3) is 0.625. The Morgan fingerprint density at radius 2 is 2.05 bits per heavy atom. The maximum absolute atomic E-state index is 5.43. The van der Waals surface area contributed by atoms with Crippen molar-refractivity contribution in [1.82, 2.24) is 9.97 Å².